The monoisotopic (exact) mass is 1680 g/mol. The van der Waals surface area contributed by atoms with Crippen molar-refractivity contribution >= 4 is 131 Å². The van der Waals surface area contributed by atoms with Crippen molar-refractivity contribution in [1.82, 2.24) is 74.8 Å². The molecule has 0 amide bonds. The van der Waals surface area contributed by atoms with E-state index in [1.165, 1.54) is 52.0 Å². The molecule has 0 bridgehead atoms. The second kappa shape index (κ2) is 40.8. The molecule has 30 heteroatoms. The largest absolute Gasteiger partial charge is 0.488 e. The zero-order valence-corrected chi connectivity index (χ0v) is 58.3. The molecule has 0 unspecified atom stereocenters. The van der Waals surface area contributed by atoms with Gasteiger partial charge in [-0.05, 0) is 201 Å². The normalized spacial score (nSPS) is 10.2. The molecule has 0 atom stereocenters. The van der Waals surface area contributed by atoms with Gasteiger partial charge >= 0.3 is 7.12 Å². The predicted molar refractivity (Wildman–Crippen MR) is 422 cm³/mol. The minimum absolute atomic E-state index is 0. The molecule has 4 aromatic carbocycles. The first-order valence-electron chi connectivity index (χ1n) is 30.8. The van der Waals surface area contributed by atoms with Gasteiger partial charge in [0.25, 0.3) is 11.1 Å². The van der Waals surface area contributed by atoms with Crippen LogP contribution in [0, 0.1) is 30.7 Å². The lowest BCUT2D eigenvalue weighted by Gasteiger charge is -2.09. The molecule has 11 heterocycles. The number of nitrogens with one attached hydrogen (secondary N) is 4. The van der Waals surface area contributed by atoms with E-state index in [0.29, 0.717) is 46.9 Å². The third-order valence-corrected chi connectivity index (χ3v) is 17.0. The number of aryl methyl sites for hydroxylation is 2. The second-order valence-electron chi connectivity index (χ2n) is 22.0. The molecule has 0 radical (unpaired) electrons. The zero-order valence-electron chi connectivity index (χ0n) is 53.2. The first-order valence-corrected chi connectivity index (χ1v) is 33.3. The summed E-state index contributed by atoms with van der Waals surface area (Å²) in [5, 5.41) is 50.3. The van der Waals surface area contributed by atoms with Crippen molar-refractivity contribution in [1.29, 1.82) is 0 Å². The Morgan fingerprint density at radius 2 is 0.972 bits per heavy atom. The molecule has 106 heavy (non-hydrogen) atoms. The van der Waals surface area contributed by atoms with Crippen molar-refractivity contribution in [3.8, 4) is 11.3 Å². The van der Waals surface area contributed by atoms with Crippen LogP contribution in [0.3, 0.4) is 0 Å². The Hall–Kier alpha value is -11.1. The first kappa shape index (κ1) is 83.8. The van der Waals surface area contributed by atoms with Crippen LogP contribution in [0.25, 0.3) is 55.4 Å². The maximum Gasteiger partial charge on any atom is 0.488 e. The fourth-order valence-corrected chi connectivity index (χ4v) is 11.2. The lowest BCUT2D eigenvalue weighted by atomic mass is 9.79. The highest BCUT2D eigenvalue weighted by Gasteiger charge is 2.18. The third-order valence-electron chi connectivity index (χ3n) is 15.1. The highest BCUT2D eigenvalue weighted by molar-refractivity contribution is 14.1. The van der Waals surface area contributed by atoms with Gasteiger partial charge in [-0.25, -0.2) is 42.5 Å². The Morgan fingerprint density at radius 3 is 1.46 bits per heavy atom. The van der Waals surface area contributed by atoms with Crippen molar-refractivity contribution in [3.63, 3.8) is 0 Å². The number of ketones is 2. The Balaban J connectivity index is 0.000000218. The summed E-state index contributed by atoms with van der Waals surface area (Å²) >= 11 is 9.87. The number of aldehydes is 1. The molecule has 6 N–H and O–H groups in total. The van der Waals surface area contributed by atoms with Crippen LogP contribution in [0.1, 0.15) is 95.9 Å². The van der Waals surface area contributed by atoms with Gasteiger partial charge in [0.1, 0.15) is 12.6 Å². The molecule has 11 aromatic heterocycles. The molecule has 15 aromatic rings. The van der Waals surface area contributed by atoms with Crippen LogP contribution < -0.4 is 16.6 Å². The Labute approximate surface area is 638 Å². The van der Waals surface area contributed by atoms with Gasteiger partial charge < -0.3 is 19.2 Å². The smallest absolute Gasteiger partial charge is 0.423 e. The SMILES string of the molecule is C.C.C.C.Ic1[nH]nc2ncccc12.Ic1[nH]nc2ncccc12.O=C(CCc1cccc(-c2[nH]nc3ncccc23)c1)c1cccn(Cc2ccc(F)c(F)c2)c1=O.O=C(CCc1cccc(B(O)O)c1)c1cccn(Cc2ccc(F)c(F)c2)c1=O.O=Cc1cccnc1Cl.c1cnc2[nH]ncc2c1. The minimum Gasteiger partial charge on any atom is -0.423 e. The van der Waals surface area contributed by atoms with Gasteiger partial charge in [0, 0.05) is 72.6 Å². The fraction of sp³-hybridized carbons (Fsp3) is 0.132. The number of halogens is 7. The highest BCUT2D eigenvalue weighted by atomic mass is 127. The average Bonchev–Trinajstić information content (AvgIpc) is 1.65. The van der Waals surface area contributed by atoms with Crippen molar-refractivity contribution in [2.75, 3.05) is 0 Å². The average molecular weight is 1680 g/mol. The third kappa shape index (κ3) is 22.4. The molecule has 544 valence electrons. The number of benzene rings is 4. The molecule has 0 saturated heterocycles. The molecule has 15 rings (SSSR count). The number of carbonyl (C=O) groups excluding carboxylic acids is 3. The molecular formula is C76H71BClF4I2N15O7. The number of hydrogen-bond acceptors (Lipinski definition) is 16. The molecular weight excluding hydrogens is 1610 g/mol. The standard InChI is InChI=1S/C27H20F2N4O2.C21H18BF2NO4.C6H4ClNO.2C6H4IN3.C6H5N3.4CH4/c28-22-10-8-18(15-23(22)29)16-33-13-3-7-20(27(33)35)24(34)11-9-17-4-1-5-19(14-17)25-21-6-2-12-30-26(21)32-31-25;23-18-8-6-15(12-19(18)24)13-25-10-2-5-17(21(25)27)20(26)9-7-14-3-1-4-16(11-14)22(28)29;7-6-5(4-9)2-1-3-8-6;2*7-5-4-2-1-3-8-6(4)10-9-5;1-2-5-4-8-9-6(5)7-3-1;;;;/h1-8,10,12-15H,9,11,16H2,(H,30,31,32);1-6,8,10-12,28-29H,7,9,13H2;1-4H;2*1-3H,(H,8,9,10);1-4H,(H,7,8,9);4*1H4. The van der Waals surface area contributed by atoms with Gasteiger partial charge in [-0.1, -0.05) is 95.9 Å². The van der Waals surface area contributed by atoms with Crippen molar-refractivity contribution in [3.05, 3.63) is 315 Å². The number of aromatic nitrogens is 15. The van der Waals surface area contributed by atoms with Crippen LogP contribution in [0.15, 0.2) is 229 Å². The maximum absolute atomic E-state index is 13.5. The molecule has 0 aliphatic carbocycles. The van der Waals surface area contributed by atoms with E-state index in [1.807, 2.05) is 72.8 Å². The summed E-state index contributed by atoms with van der Waals surface area (Å²) in [4.78, 5) is 81.1. The number of H-pyrrole nitrogens is 4. The van der Waals surface area contributed by atoms with Crippen LogP contribution in [-0.2, 0) is 25.9 Å². The van der Waals surface area contributed by atoms with Crippen molar-refractivity contribution in [2.45, 2.75) is 68.5 Å². The van der Waals surface area contributed by atoms with E-state index < -0.39 is 41.5 Å². The number of aromatic amines is 4. The van der Waals surface area contributed by atoms with E-state index >= 15 is 0 Å². The van der Waals surface area contributed by atoms with Crippen molar-refractivity contribution in [2.24, 2.45) is 0 Å². The van der Waals surface area contributed by atoms with E-state index in [0.717, 1.165) is 92.5 Å². The van der Waals surface area contributed by atoms with Crippen LogP contribution >= 0.6 is 56.8 Å². The summed E-state index contributed by atoms with van der Waals surface area (Å²) in [6.07, 6.45) is 14.9. The Bertz CT molecular complexity index is 5440. The number of nitrogens with zero attached hydrogens (tertiary/aromatic N) is 11. The molecule has 0 aliphatic rings. The number of pyridine rings is 7. The number of rotatable bonds is 15. The number of carbonyl (C=O) groups is 3. The molecule has 0 spiro atoms. The number of hydrogen-bond donors (Lipinski definition) is 6. The summed E-state index contributed by atoms with van der Waals surface area (Å²) in [5.41, 5.74) is 7.18. The van der Waals surface area contributed by atoms with Crippen LogP contribution in [0.4, 0.5) is 17.6 Å². The number of fused-ring (bicyclic) bond motifs is 4. The zero-order chi connectivity index (χ0) is 72.1. The fourth-order valence-electron chi connectivity index (χ4n) is 9.97. The quantitative estimate of drug-likeness (QED) is 0.0139. The Morgan fingerprint density at radius 1 is 0.500 bits per heavy atom. The summed E-state index contributed by atoms with van der Waals surface area (Å²) in [6, 6.07) is 46.0. The van der Waals surface area contributed by atoms with E-state index in [2.05, 4.69) is 111 Å². The lowest BCUT2D eigenvalue weighted by Crippen LogP contribution is -2.30. The minimum atomic E-state index is -1.59. The lowest BCUT2D eigenvalue weighted by molar-refractivity contribution is 0.0973. The van der Waals surface area contributed by atoms with E-state index in [9.17, 15) is 51.6 Å². The molecule has 22 nitrogen and oxygen atoms in total. The van der Waals surface area contributed by atoms with Gasteiger partial charge in [0.05, 0.1) is 52.4 Å². The topological polar surface area (TPSA) is 315 Å². The van der Waals surface area contributed by atoms with E-state index in [1.54, 1.807) is 79.5 Å². The number of Topliss-reactive ketones (excluding diaryl/α,β-unsaturated/α-hetero) is 2. The molecule has 0 fully saturated rings. The maximum atomic E-state index is 13.5. The highest BCUT2D eigenvalue weighted by Crippen LogP contribution is 2.27. The molecule has 0 saturated carbocycles. The van der Waals surface area contributed by atoms with E-state index in [4.69, 9.17) is 11.6 Å². The van der Waals surface area contributed by atoms with Gasteiger partial charge in [0.2, 0.25) is 0 Å². The summed E-state index contributed by atoms with van der Waals surface area (Å²) < 4.78 is 57.8. The van der Waals surface area contributed by atoms with E-state index in [-0.39, 0.29) is 83.5 Å². The van der Waals surface area contributed by atoms with Crippen LogP contribution in [0.2, 0.25) is 5.15 Å². The van der Waals surface area contributed by atoms with Gasteiger partial charge in [0.15, 0.2) is 63.7 Å². The van der Waals surface area contributed by atoms with Gasteiger partial charge in [-0.2, -0.15) is 20.4 Å². The van der Waals surface area contributed by atoms with Crippen LogP contribution in [-0.4, -0.2) is 110 Å². The van der Waals surface area contributed by atoms with Gasteiger partial charge in [-0.3, -0.25) is 44.4 Å². The first-order chi connectivity index (χ1) is 49.4. The van der Waals surface area contributed by atoms with Crippen LogP contribution in [0.5, 0.6) is 0 Å². The predicted octanol–water partition coefficient (Wildman–Crippen LogP) is 14.8. The second-order valence-corrected chi connectivity index (χ2v) is 24.5. The molecule has 0 aliphatic heterocycles. The summed E-state index contributed by atoms with van der Waals surface area (Å²) in [7, 11) is -1.59. The van der Waals surface area contributed by atoms with Gasteiger partial charge in [-0.15, -0.1) is 0 Å². The Kier molecular flexibility index (Phi) is 32.3. The summed E-state index contributed by atoms with van der Waals surface area (Å²) in [5.74, 6) is -4.54. The summed E-state index contributed by atoms with van der Waals surface area (Å²) in [6.45, 7) is 0.0415. The van der Waals surface area contributed by atoms with Crippen molar-refractivity contribution < 1.29 is 42.0 Å².